The molecule has 0 bridgehead atoms. The van der Waals surface area contributed by atoms with Crippen LogP contribution in [0.15, 0.2) is 48.5 Å². The Labute approximate surface area is 221 Å². The molecule has 2 N–H and O–H groups in total. The standard InChI is InChI=1S/C28H33ClN2O6/c1-28(2)21-12-18-14-31(11-10-23(18)36-25(21)20-13-19(29)8-9-24(20)37-28)26(33)22(15-32)30-27(34)35-16-17-6-4-3-5-7-17/h3-9,13,18,21-23,25,32H,10-12,14-16H2,1-2H3,(H,30,34)/t18-,21+,22-,23+,25-/m0/s1. The molecule has 2 saturated heterocycles. The Morgan fingerprint density at radius 3 is 2.78 bits per heavy atom. The summed E-state index contributed by atoms with van der Waals surface area (Å²) in [5, 5.41) is 13.0. The van der Waals surface area contributed by atoms with Crippen LogP contribution >= 0.6 is 11.6 Å². The fraction of sp³-hybridized carbons (Fsp3) is 0.500. The fourth-order valence-corrected chi connectivity index (χ4v) is 5.97. The number of rotatable bonds is 5. The number of amides is 2. The van der Waals surface area contributed by atoms with E-state index in [2.05, 4.69) is 19.2 Å². The summed E-state index contributed by atoms with van der Waals surface area (Å²) in [6.45, 7) is 4.69. The summed E-state index contributed by atoms with van der Waals surface area (Å²) in [6.07, 6.45) is 0.643. The van der Waals surface area contributed by atoms with Crippen LogP contribution in [-0.4, -0.2) is 59.5 Å². The van der Waals surface area contributed by atoms with Crippen LogP contribution in [0.5, 0.6) is 5.75 Å². The number of nitrogens with zero attached hydrogens (tertiary/aromatic N) is 1. The average molecular weight is 529 g/mol. The number of hydrogen-bond donors (Lipinski definition) is 2. The van der Waals surface area contributed by atoms with Crippen molar-refractivity contribution in [2.24, 2.45) is 11.8 Å². The van der Waals surface area contributed by atoms with Crippen LogP contribution in [0, 0.1) is 11.8 Å². The minimum Gasteiger partial charge on any atom is -0.487 e. The Kier molecular flexibility index (Phi) is 7.34. The van der Waals surface area contributed by atoms with E-state index in [9.17, 15) is 14.7 Å². The van der Waals surface area contributed by atoms with Gasteiger partial charge in [0.1, 0.15) is 24.0 Å². The lowest BCUT2D eigenvalue weighted by Gasteiger charge is -2.53. The van der Waals surface area contributed by atoms with Crippen LogP contribution in [0.3, 0.4) is 0 Å². The zero-order valence-corrected chi connectivity index (χ0v) is 21.8. The molecule has 2 fully saturated rings. The van der Waals surface area contributed by atoms with Crippen LogP contribution in [0.4, 0.5) is 4.79 Å². The molecule has 8 nitrogen and oxygen atoms in total. The Morgan fingerprint density at radius 2 is 2.03 bits per heavy atom. The molecule has 3 heterocycles. The van der Waals surface area contributed by atoms with Gasteiger partial charge in [0.25, 0.3) is 0 Å². The molecule has 0 aliphatic carbocycles. The van der Waals surface area contributed by atoms with Gasteiger partial charge in [0.15, 0.2) is 0 Å². The van der Waals surface area contributed by atoms with Gasteiger partial charge in [-0.15, -0.1) is 0 Å². The zero-order chi connectivity index (χ0) is 26.2. The summed E-state index contributed by atoms with van der Waals surface area (Å²) in [4.78, 5) is 27.2. The molecule has 3 aliphatic heterocycles. The molecule has 0 spiro atoms. The normalized spacial score (nSPS) is 26.5. The number of aliphatic hydroxyl groups excluding tert-OH is 1. The predicted octanol–water partition coefficient (Wildman–Crippen LogP) is 4.09. The Balaban J connectivity index is 1.22. The van der Waals surface area contributed by atoms with Gasteiger partial charge in [0, 0.05) is 35.5 Å². The van der Waals surface area contributed by atoms with Crippen LogP contribution in [0.25, 0.3) is 0 Å². The van der Waals surface area contributed by atoms with E-state index in [0.29, 0.717) is 24.5 Å². The number of fused-ring (bicyclic) bond motifs is 4. The van der Waals surface area contributed by atoms with E-state index in [1.807, 2.05) is 48.5 Å². The summed E-state index contributed by atoms with van der Waals surface area (Å²) in [7, 11) is 0. The smallest absolute Gasteiger partial charge is 0.408 e. The molecule has 5 atom stereocenters. The summed E-state index contributed by atoms with van der Waals surface area (Å²) >= 11 is 6.29. The minimum atomic E-state index is -1.07. The van der Waals surface area contributed by atoms with Gasteiger partial charge in [-0.2, -0.15) is 0 Å². The number of aliphatic hydroxyl groups is 1. The van der Waals surface area contributed by atoms with Crippen LogP contribution in [-0.2, 0) is 20.9 Å². The first-order valence-electron chi connectivity index (χ1n) is 12.8. The monoisotopic (exact) mass is 528 g/mol. The minimum absolute atomic E-state index is 0.00223. The van der Waals surface area contributed by atoms with Crippen LogP contribution < -0.4 is 10.1 Å². The number of halogens is 1. The van der Waals surface area contributed by atoms with Crippen molar-refractivity contribution in [1.82, 2.24) is 10.2 Å². The third kappa shape index (κ3) is 5.42. The highest BCUT2D eigenvalue weighted by Gasteiger charge is 2.51. The molecule has 9 heteroatoms. The maximum Gasteiger partial charge on any atom is 0.408 e. The number of alkyl carbamates (subject to hydrolysis) is 1. The van der Waals surface area contributed by atoms with Crippen molar-refractivity contribution >= 4 is 23.6 Å². The van der Waals surface area contributed by atoms with Gasteiger partial charge in [-0.25, -0.2) is 4.79 Å². The van der Waals surface area contributed by atoms with Crippen LogP contribution in [0.2, 0.25) is 5.02 Å². The molecule has 2 amide bonds. The lowest BCUT2D eigenvalue weighted by molar-refractivity contribution is -0.189. The predicted molar refractivity (Wildman–Crippen MR) is 137 cm³/mol. The molecule has 198 valence electrons. The number of ether oxygens (including phenoxy) is 3. The zero-order valence-electron chi connectivity index (χ0n) is 21.1. The van der Waals surface area contributed by atoms with Crippen molar-refractivity contribution in [3.8, 4) is 5.75 Å². The summed E-state index contributed by atoms with van der Waals surface area (Å²) in [5.41, 5.74) is 1.37. The molecule has 2 aromatic carbocycles. The topological polar surface area (TPSA) is 97.3 Å². The van der Waals surface area contributed by atoms with Gasteiger partial charge in [-0.1, -0.05) is 41.9 Å². The Morgan fingerprint density at radius 1 is 1.24 bits per heavy atom. The third-order valence-corrected chi connectivity index (χ3v) is 7.98. The first-order chi connectivity index (χ1) is 17.7. The highest BCUT2D eigenvalue weighted by Crippen LogP contribution is 2.53. The van der Waals surface area contributed by atoms with Gasteiger partial charge >= 0.3 is 6.09 Å². The molecule has 2 aromatic rings. The maximum absolute atomic E-state index is 13.2. The van der Waals surface area contributed by atoms with Crippen molar-refractivity contribution in [2.45, 2.75) is 57.1 Å². The molecular weight excluding hydrogens is 496 g/mol. The van der Waals surface area contributed by atoms with E-state index in [4.69, 9.17) is 25.8 Å². The van der Waals surface area contributed by atoms with E-state index in [-0.39, 0.29) is 36.6 Å². The largest absolute Gasteiger partial charge is 0.487 e. The highest BCUT2D eigenvalue weighted by molar-refractivity contribution is 6.30. The first-order valence-corrected chi connectivity index (χ1v) is 13.1. The maximum atomic E-state index is 13.2. The van der Waals surface area contributed by atoms with Gasteiger partial charge in [-0.05, 0) is 50.5 Å². The molecule has 37 heavy (non-hydrogen) atoms. The quantitative estimate of drug-likeness (QED) is 0.606. The van der Waals surface area contributed by atoms with Gasteiger partial charge in [0.05, 0.1) is 18.8 Å². The molecule has 0 aromatic heterocycles. The van der Waals surface area contributed by atoms with Crippen molar-refractivity contribution in [1.29, 1.82) is 0 Å². The lowest BCUT2D eigenvalue weighted by Crippen LogP contribution is -2.58. The summed E-state index contributed by atoms with van der Waals surface area (Å²) in [6, 6.07) is 13.9. The molecule has 0 radical (unpaired) electrons. The number of carbonyl (C=O) groups excluding carboxylic acids is 2. The molecule has 0 saturated carbocycles. The number of piperidine rings is 1. The van der Waals surface area contributed by atoms with Crippen molar-refractivity contribution in [2.75, 3.05) is 19.7 Å². The number of benzene rings is 2. The Bertz CT molecular complexity index is 1140. The molecule has 5 rings (SSSR count). The van der Waals surface area contributed by atoms with Crippen molar-refractivity contribution < 1.29 is 28.9 Å². The summed E-state index contributed by atoms with van der Waals surface area (Å²) in [5.74, 6) is 0.690. The van der Waals surface area contributed by atoms with E-state index < -0.39 is 24.3 Å². The van der Waals surface area contributed by atoms with Gasteiger partial charge in [0.2, 0.25) is 5.91 Å². The van der Waals surface area contributed by atoms with Crippen molar-refractivity contribution in [3.05, 3.63) is 64.7 Å². The van der Waals surface area contributed by atoms with E-state index in [1.165, 1.54) is 0 Å². The van der Waals surface area contributed by atoms with Crippen molar-refractivity contribution in [3.63, 3.8) is 0 Å². The number of nitrogens with one attached hydrogen (secondary N) is 1. The second-order valence-electron chi connectivity index (χ2n) is 10.6. The molecular formula is C28H33ClN2O6. The van der Waals surface area contributed by atoms with Crippen LogP contribution in [0.1, 0.15) is 43.9 Å². The fourth-order valence-electron chi connectivity index (χ4n) is 5.79. The SMILES string of the molecule is CC1(C)Oc2ccc(Cl)cc2[C@@H]2O[C@@H]3CCN(C(=O)[C@H](CO)NC(=O)OCc4ccccc4)C[C@@H]3C[C@H]21. The Hall–Kier alpha value is -2.81. The summed E-state index contributed by atoms with van der Waals surface area (Å²) < 4.78 is 18.2. The first kappa shape index (κ1) is 25.8. The second kappa shape index (κ2) is 10.5. The molecule has 3 aliphatic rings. The average Bonchev–Trinajstić information content (AvgIpc) is 2.90. The third-order valence-electron chi connectivity index (χ3n) is 7.75. The van der Waals surface area contributed by atoms with Gasteiger partial charge in [-0.3, -0.25) is 4.79 Å². The van der Waals surface area contributed by atoms with E-state index in [1.54, 1.807) is 4.90 Å². The highest BCUT2D eigenvalue weighted by atomic mass is 35.5. The van der Waals surface area contributed by atoms with E-state index >= 15 is 0 Å². The molecule has 0 unspecified atom stereocenters. The second-order valence-corrected chi connectivity index (χ2v) is 11.0. The number of likely N-dealkylation sites (tertiary alicyclic amines) is 1. The lowest BCUT2D eigenvalue weighted by atomic mass is 9.70. The number of carbonyl (C=O) groups is 2. The van der Waals surface area contributed by atoms with Gasteiger partial charge < -0.3 is 29.5 Å². The number of hydrogen-bond acceptors (Lipinski definition) is 6. The van der Waals surface area contributed by atoms with E-state index in [0.717, 1.165) is 23.3 Å².